The van der Waals surface area contributed by atoms with E-state index in [1.165, 1.54) is 93.6 Å². The molecule has 0 spiro atoms. The van der Waals surface area contributed by atoms with Crippen LogP contribution < -0.4 is 17.2 Å². The Kier molecular flexibility index (Phi) is 14.7. The topological polar surface area (TPSA) is 259 Å². The van der Waals surface area contributed by atoms with Crippen molar-refractivity contribution in [1.29, 1.82) is 0 Å². The number of anilines is 3. The molecule has 0 heterocycles. The lowest BCUT2D eigenvalue weighted by molar-refractivity contribution is -0.162. The summed E-state index contributed by atoms with van der Waals surface area (Å²) in [6.07, 6.45) is -1.25. The van der Waals surface area contributed by atoms with Crippen LogP contribution in [-0.2, 0) is 58.1 Å². The van der Waals surface area contributed by atoms with Crippen molar-refractivity contribution in [3.05, 3.63) is 72.8 Å². The number of nitrogens with two attached hydrogens (primary N) is 3. The third-order valence-electron chi connectivity index (χ3n) is 8.95. The highest BCUT2D eigenvalue weighted by atomic mass is 32.2. The molecule has 0 saturated carbocycles. The van der Waals surface area contributed by atoms with E-state index in [-0.39, 0.29) is 27.5 Å². The lowest BCUT2D eigenvalue weighted by atomic mass is 9.88. The van der Waals surface area contributed by atoms with Crippen LogP contribution in [0.15, 0.2) is 87.5 Å². The van der Waals surface area contributed by atoms with Gasteiger partial charge in [0, 0.05) is 17.1 Å². The van der Waals surface area contributed by atoms with Gasteiger partial charge in [-0.3, -0.25) is 14.4 Å². The molecule has 3 rings (SSSR count). The molecule has 3 atom stereocenters. The van der Waals surface area contributed by atoms with E-state index in [1.54, 1.807) is 6.92 Å². The summed E-state index contributed by atoms with van der Waals surface area (Å²) in [6.45, 7) is 4.08. The minimum Gasteiger partial charge on any atom is -0.465 e. The van der Waals surface area contributed by atoms with Crippen molar-refractivity contribution in [2.45, 2.75) is 83.8 Å². The first-order chi connectivity index (χ1) is 25.2. The maximum Gasteiger partial charge on any atom is 0.324 e. The predicted molar refractivity (Wildman–Crippen MR) is 202 cm³/mol. The van der Waals surface area contributed by atoms with Gasteiger partial charge in [-0.15, -0.1) is 0 Å². The summed E-state index contributed by atoms with van der Waals surface area (Å²) in [6, 6.07) is 16.2. The van der Waals surface area contributed by atoms with Crippen molar-refractivity contribution in [3.8, 4) is 0 Å². The van der Waals surface area contributed by atoms with Crippen molar-refractivity contribution in [3.63, 3.8) is 0 Å². The normalized spacial score (nSPS) is 14.9. The molecule has 0 radical (unpaired) electrons. The molecule has 0 fully saturated rings. The molecular formula is C36H47N3O12S3. The van der Waals surface area contributed by atoms with Crippen molar-refractivity contribution < 1.29 is 53.8 Å². The van der Waals surface area contributed by atoms with Gasteiger partial charge in [-0.25, -0.2) is 25.3 Å². The molecule has 0 aliphatic carbocycles. The van der Waals surface area contributed by atoms with Crippen molar-refractivity contribution in [1.82, 2.24) is 0 Å². The highest BCUT2D eigenvalue weighted by Crippen LogP contribution is 2.28. The third kappa shape index (κ3) is 10.9. The van der Waals surface area contributed by atoms with Crippen LogP contribution in [-0.4, -0.2) is 78.7 Å². The number of carbonyl (C=O) groups excluding carboxylic acids is 3. The van der Waals surface area contributed by atoms with E-state index in [0.29, 0.717) is 17.1 Å². The van der Waals surface area contributed by atoms with Crippen molar-refractivity contribution in [2.24, 2.45) is 5.41 Å². The summed E-state index contributed by atoms with van der Waals surface area (Å²) < 4.78 is 95.5. The summed E-state index contributed by atoms with van der Waals surface area (Å²) in [4.78, 5) is 39.1. The number of ether oxygens (including phenoxy) is 3. The summed E-state index contributed by atoms with van der Waals surface area (Å²) in [5.74, 6) is -2.98. The molecule has 0 amide bonds. The maximum atomic E-state index is 13.4. The molecule has 3 aromatic rings. The second-order valence-electron chi connectivity index (χ2n) is 13.1. The minimum absolute atomic E-state index is 0.0426. The van der Waals surface area contributed by atoms with E-state index in [1.807, 2.05) is 0 Å². The molecule has 54 heavy (non-hydrogen) atoms. The Labute approximate surface area is 316 Å². The van der Waals surface area contributed by atoms with E-state index in [0.717, 1.165) is 0 Å². The van der Waals surface area contributed by atoms with Crippen LogP contribution in [0, 0.1) is 5.41 Å². The largest absolute Gasteiger partial charge is 0.465 e. The van der Waals surface area contributed by atoms with Crippen LogP contribution in [0.4, 0.5) is 17.1 Å². The van der Waals surface area contributed by atoms with E-state index in [9.17, 15) is 39.6 Å². The molecular weight excluding hydrogens is 763 g/mol. The summed E-state index contributed by atoms with van der Waals surface area (Å²) in [7, 11) is -12.2. The van der Waals surface area contributed by atoms with Gasteiger partial charge >= 0.3 is 17.9 Å². The second kappa shape index (κ2) is 18.1. The SMILES string of the molecule is CCC(C(=O)OCC(CC)(COC(=O)CC(C)S(=O)(=O)c1ccc(N)cc1)COC(=O)CC(C)S(=O)(=O)c1ccc(N)cc1)S(=O)(=O)c1ccc(N)cc1. The zero-order chi connectivity index (χ0) is 40.5. The number of nitrogen functional groups attached to an aromatic ring is 3. The van der Waals surface area contributed by atoms with Crippen LogP contribution in [0.3, 0.4) is 0 Å². The molecule has 0 aromatic heterocycles. The molecule has 296 valence electrons. The first-order valence-corrected chi connectivity index (χ1v) is 21.6. The van der Waals surface area contributed by atoms with Gasteiger partial charge in [0.25, 0.3) is 0 Å². The molecule has 0 aliphatic rings. The zero-order valence-electron chi connectivity index (χ0n) is 30.5. The van der Waals surface area contributed by atoms with E-state index in [2.05, 4.69) is 0 Å². The average molecular weight is 810 g/mol. The van der Waals surface area contributed by atoms with Gasteiger partial charge in [0.1, 0.15) is 19.8 Å². The highest BCUT2D eigenvalue weighted by Gasteiger charge is 2.39. The zero-order valence-corrected chi connectivity index (χ0v) is 32.9. The molecule has 0 aliphatic heterocycles. The van der Waals surface area contributed by atoms with Crippen LogP contribution in [0.25, 0.3) is 0 Å². The van der Waals surface area contributed by atoms with Crippen molar-refractivity contribution in [2.75, 3.05) is 37.0 Å². The molecule has 15 nitrogen and oxygen atoms in total. The maximum absolute atomic E-state index is 13.4. The molecule has 3 aromatic carbocycles. The van der Waals surface area contributed by atoms with Crippen LogP contribution in [0.2, 0.25) is 0 Å². The molecule has 0 bridgehead atoms. The molecule has 3 unspecified atom stereocenters. The summed E-state index contributed by atoms with van der Waals surface area (Å²) in [5, 5.41) is -4.05. The van der Waals surface area contributed by atoms with Gasteiger partial charge in [0.15, 0.2) is 34.8 Å². The minimum atomic E-state index is -4.23. The standard InChI is InChI=1S/C36H47N3O12S3/c1-5-32(54(47,48)31-17-11-28(39)12-18-31)35(42)51-23-36(6-2,21-49-33(40)19-24(3)52(43,44)29-13-7-26(37)8-14-29)22-50-34(41)20-25(4)53(45,46)30-15-9-27(38)10-16-30/h7-18,24-25,32H,5-6,19-23,37-39H2,1-4H3. The fraction of sp³-hybridized carbons (Fsp3) is 0.417. The van der Waals surface area contributed by atoms with Gasteiger partial charge in [0.2, 0.25) is 0 Å². The molecule has 6 N–H and O–H groups in total. The Bertz CT molecular complexity index is 2010. The van der Waals surface area contributed by atoms with Crippen molar-refractivity contribution >= 4 is 64.5 Å². The number of rotatable bonds is 19. The number of carbonyl (C=O) groups is 3. The number of hydrogen-bond donors (Lipinski definition) is 3. The average Bonchev–Trinajstić information content (AvgIpc) is 3.12. The van der Waals surface area contributed by atoms with E-state index < -0.39 is 101 Å². The summed E-state index contributed by atoms with van der Waals surface area (Å²) >= 11 is 0. The van der Waals surface area contributed by atoms with E-state index >= 15 is 0 Å². The number of benzene rings is 3. The van der Waals surface area contributed by atoms with Gasteiger partial charge in [-0.2, -0.15) is 0 Å². The highest BCUT2D eigenvalue weighted by molar-refractivity contribution is 7.93. The second-order valence-corrected chi connectivity index (χ2v) is 19.9. The Morgan fingerprint density at radius 2 is 0.870 bits per heavy atom. The number of hydrogen-bond acceptors (Lipinski definition) is 15. The number of esters is 3. The van der Waals surface area contributed by atoms with Gasteiger partial charge in [0.05, 0.1) is 43.4 Å². The van der Waals surface area contributed by atoms with Gasteiger partial charge in [-0.05, 0) is 99.5 Å². The van der Waals surface area contributed by atoms with Gasteiger partial charge in [-0.1, -0.05) is 13.8 Å². The Balaban J connectivity index is 1.80. The Morgan fingerprint density at radius 1 is 0.556 bits per heavy atom. The lowest BCUT2D eigenvalue weighted by Crippen LogP contribution is -2.41. The lowest BCUT2D eigenvalue weighted by Gasteiger charge is -2.32. The number of sulfone groups is 3. The third-order valence-corrected chi connectivity index (χ3v) is 15.5. The smallest absolute Gasteiger partial charge is 0.324 e. The first-order valence-electron chi connectivity index (χ1n) is 16.9. The van der Waals surface area contributed by atoms with Crippen LogP contribution >= 0.6 is 0 Å². The monoisotopic (exact) mass is 809 g/mol. The fourth-order valence-electron chi connectivity index (χ4n) is 5.14. The Hall–Kier alpha value is -4.68. The van der Waals surface area contributed by atoms with Crippen LogP contribution in [0.5, 0.6) is 0 Å². The predicted octanol–water partition coefficient (Wildman–Crippen LogP) is 3.52. The first kappa shape index (κ1) is 43.7. The summed E-state index contributed by atoms with van der Waals surface area (Å²) in [5.41, 5.74) is 16.6. The quantitative estimate of drug-likeness (QED) is 0.0889. The van der Waals surface area contributed by atoms with Gasteiger partial charge < -0.3 is 31.4 Å². The van der Waals surface area contributed by atoms with Crippen LogP contribution in [0.1, 0.15) is 53.4 Å². The molecule has 18 heteroatoms. The molecule has 0 saturated heterocycles. The fourth-order valence-corrected chi connectivity index (χ4v) is 9.41. The van der Waals surface area contributed by atoms with E-state index in [4.69, 9.17) is 31.4 Å². The Morgan fingerprint density at radius 3 is 1.19 bits per heavy atom.